The number of hydrogen-bond donors (Lipinski definition) is 0. The van der Waals surface area contributed by atoms with E-state index in [9.17, 15) is 13.2 Å². The van der Waals surface area contributed by atoms with E-state index in [0.29, 0.717) is 12.0 Å². The van der Waals surface area contributed by atoms with Gasteiger partial charge < -0.3 is 0 Å². The third kappa shape index (κ3) is 5.60. The summed E-state index contributed by atoms with van der Waals surface area (Å²) in [6.45, 7) is 3.39. The van der Waals surface area contributed by atoms with Crippen LogP contribution >= 0.6 is 15.9 Å². The van der Waals surface area contributed by atoms with Gasteiger partial charge in [0.05, 0.1) is 5.41 Å². The Morgan fingerprint density at radius 2 is 1.06 bits per heavy atom. The molecule has 0 bridgehead atoms. The van der Waals surface area contributed by atoms with Gasteiger partial charge in [-0.1, -0.05) is 107 Å². The summed E-state index contributed by atoms with van der Waals surface area (Å²) in [5, 5.41) is 0.827. The van der Waals surface area contributed by atoms with Gasteiger partial charge in [0.25, 0.3) is 0 Å². The Morgan fingerprint density at radius 1 is 0.645 bits per heavy atom. The molecule has 0 amide bonds. The van der Waals surface area contributed by atoms with E-state index in [4.69, 9.17) is 0 Å². The Balaban J connectivity index is 1.79. The van der Waals surface area contributed by atoms with Gasteiger partial charge >= 0.3 is 6.18 Å². The van der Waals surface area contributed by atoms with Crippen LogP contribution in [0.25, 0.3) is 22.3 Å². The molecule has 164 valence electrons. The maximum Gasteiger partial charge on any atom is 0.398 e. The first kappa shape index (κ1) is 23.6. The van der Waals surface area contributed by atoms with Crippen molar-refractivity contribution in [2.45, 2.75) is 51.1 Å². The van der Waals surface area contributed by atoms with Gasteiger partial charge in [0, 0.05) is 5.33 Å². The van der Waals surface area contributed by atoms with Crippen molar-refractivity contribution in [1.82, 2.24) is 0 Å². The molecule has 3 rings (SSSR count). The van der Waals surface area contributed by atoms with Gasteiger partial charge in [-0.15, -0.1) is 0 Å². The van der Waals surface area contributed by atoms with Crippen LogP contribution in [0.2, 0.25) is 0 Å². The number of alkyl halides is 4. The second kappa shape index (κ2) is 10.0. The van der Waals surface area contributed by atoms with Crippen molar-refractivity contribution in [1.29, 1.82) is 0 Å². The zero-order valence-electron chi connectivity index (χ0n) is 18.0. The van der Waals surface area contributed by atoms with E-state index >= 15 is 0 Å². The molecule has 1 unspecified atom stereocenters. The van der Waals surface area contributed by atoms with Crippen molar-refractivity contribution in [3.63, 3.8) is 0 Å². The molecule has 3 aromatic rings. The van der Waals surface area contributed by atoms with Crippen molar-refractivity contribution in [2.24, 2.45) is 0 Å². The quantitative estimate of drug-likeness (QED) is 0.219. The molecule has 31 heavy (non-hydrogen) atoms. The van der Waals surface area contributed by atoms with E-state index in [1.54, 1.807) is 24.3 Å². The largest absolute Gasteiger partial charge is 0.398 e. The molecule has 0 saturated heterocycles. The highest BCUT2D eigenvalue weighted by Gasteiger charge is 2.51. The van der Waals surface area contributed by atoms with Crippen molar-refractivity contribution >= 4 is 15.9 Å². The summed E-state index contributed by atoms with van der Waals surface area (Å²) in [7, 11) is 0. The van der Waals surface area contributed by atoms with Crippen LogP contribution in [0.4, 0.5) is 13.2 Å². The van der Waals surface area contributed by atoms with Crippen LogP contribution in [0.1, 0.15) is 43.7 Å². The van der Waals surface area contributed by atoms with Gasteiger partial charge in [-0.25, -0.2) is 0 Å². The van der Waals surface area contributed by atoms with Crippen LogP contribution in [-0.4, -0.2) is 11.5 Å². The molecule has 0 nitrogen and oxygen atoms in total. The van der Waals surface area contributed by atoms with Gasteiger partial charge in [0.15, 0.2) is 0 Å². The molecule has 0 aromatic heterocycles. The van der Waals surface area contributed by atoms with Gasteiger partial charge in [-0.05, 0) is 54.5 Å². The van der Waals surface area contributed by atoms with E-state index in [1.165, 1.54) is 12.5 Å². The summed E-state index contributed by atoms with van der Waals surface area (Å²) in [5.41, 5.74) is 3.90. The number of rotatable bonds is 8. The highest BCUT2D eigenvalue weighted by molar-refractivity contribution is 9.09. The monoisotopic (exact) mass is 488 g/mol. The zero-order valence-corrected chi connectivity index (χ0v) is 19.6. The van der Waals surface area contributed by atoms with E-state index < -0.39 is 11.6 Å². The normalized spacial score (nSPS) is 13.7. The molecule has 0 spiro atoms. The molecule has 0 aliphatic heterocycles. The molecule has 0 aliphatic carbocycles. The predicted molar refractivity (Wildman–Crippen MR) is 128 cm³/mol. The average Bonchev–Trinajstić information content (AvgIpc) is 2.77. The molecular weight excluding hydrogens is 461 g/mol. The molecule has 0 saturated carbocycles. The highest BCUT2D eigenvalue weighted by atomic mass is 79.9. The lowest BCUT2D eigenvalue weighted by Gasteiger charge is -2.33. The Bertz CT molecular complexity index is 957. The Morgan fingerprint density at radius 3 is 1.48 bits per heavy atom. The second-order valence-electron chi connectivity index (χ2n) is 8.35. The summed E-state index contributed by atoms with van der Waals surface area (Å²) < 4.78 is 41.8. The molecule has 0 N–H and O–H groups in total. The topological polar surface area (TPSA) is 0 Å². The standard InChI is InChI=1S/C27H28BrF3/c1-20-6-8-21(9-7-20)22-10-12-23(13-11-22)24-14-16-25(17-15-24)26(2,27(29,30)31)18-4-3-5-19-28/h6-17H,3-5,18-19H2,1-2H3. The van der Waals surface area contributed by atoms with Crippen LogP contribution in [0.15, 0.2) is 72.8 Å². The van der Waals surface area contributed by atoms with Gasteiger partial charge in [-0.3, -0.25) is 0 Å². The SMILES string of the molecule is Cc1ccc(-c2ccc(-c3ccc(C(C)(CCCCCBr)C(F)(F)F)cc3)cc2)cc1. The third-order valence-electron chi connectivity index (χ3n) is 6.06. The predicted octanol–water partition coefficient (Wildman–Crippen LogP) is 9.10. The lowest BCUT2D eigenvalue weighted by Crippen LogP contribution is -2.39. The lowest BCUT2D eigenvalue weighted by molar-refractivity contribution is -0.188. The van der Waals surface area contributed by atoms with Crippen molar-refractivity contribution < 1.29 is 13.2 Å². The zero-order chi connectivity index (χ0) is 22.5. The minimum Gasteiger partial charge on any atom is -0.170 e. The fourth-order valence-corrected chi connectivity index (χ4v) is 4.23. The summed E-state index contributed by atoms with van der Waals surface area (Å²) in [6.07, 6.45) is -1.93. The maximum absolute atomic E-state index is 13.9. The number of halogens is 4. The van der Waals surface area contributed by atoms with Crippen LogP contribution in [0.5, 0.6) is 0 Å². The van der Waals surface area contributed by atoms with Crippen LogP contribution < -0.4 is 0 Å². The number of unbranched alkanes of at least 4 members (excludes halogenated alkanes) is 2. The molecule has 3 aromatic carbocycles. The first-order valence-electron chi connectivity index (χ1n) is 10.7. The van der Waals surface area contributed by atoms with E-state index in [-0.39, 0.29) is 6.42 Å². The highest BCUT2D eigenvalue weighted by Crippen LogP contribution is 2.45. The molecule has 4 heteroatoms. The Hall–Kier alpha value is -2.07. The lowest BCUT2D eigenvalue weighted by atomic mass is 9.77. The number of hydrogen-bond acceptors (Lipinski definition) is 0. The molecule has 1 atom stereocenters. The molecular formula is C27H28BrF3. The third-order valence-corrected chi connectivity index (χ3v) is 6.62. The first-order valence-corrected chi connectivity index (χ1v) is 11.8. The van der Waals surface area contributed by atoms with Crippen LogP contribution in [0, 0.1) is 6.92 Å². The van der Waals surface area contributed by atoms with E-state index in [1.807, 2.05) is 12.1 Å². The van der Waals surface area contributed by atoms with Gasteiger partial charge in [0.2, 0.25) is 0 Å². The number of aryl methyl sites for hydroxylation is 1. The van der Waals surface area contributed by atoms with E-state index in [2.05, 4.69) is 59.3 Å². The van der Waals surface area contributed by atoms with Gasteiger partial charge in [-0.2, -0.15) is 13.2 Å². The van der Waals surface area contributed by atoms with Crippen molar-refractivity contribution in [3.05, 3.63) is 83.9 Å². The minimum absolute atomic E-state index is 0.105. The Kier molecular flexibility index (Phi) is 7.64. The maximum atomic E-state index is 13.9. The second-order valence-corrected chi connectivity index (χ2v) is 9.14. The number of benzene rings is 3. The van der Waals surface area contributed by atoms with Crippen LogP contribution in [-0.2, 0) is 5.41 Å². The fourth-order valence-electron chi connectivity index (χ4n) is 3.83. The molecule has 0 radical (unpaired) electrons. The average molecular weight is 489 g/mol. The first-order chi connectivity index (χ1) is 14.7. The smallest absolute Gasteiger partial charge is 0.170 e. The van der Waals surface area contributed by atoms with Gasteiger partial charge in [0.1, 0.15) is 0 Å². The van der Waals surface area contributed by atoms with E-state index in [0.717, 1.165) is 40.4 Å². The summed E-state index contributed by atoms with van der Waals surface area (Å²) in [5.74, 6) is 0. The van der Waals surface area contributed by atoms with Crippen molar-refractivity contribution in [3.8, 4) is 22.3 Å². The molecule has 0 heterocycles. The fraction of sp³-hybridized carbons (Fsp3) is 0.333. The minimum atomic E-state index is -4.28. The molecule has 0 aliphatic rings. The summed E-state index contributed by atoms with van der Waals surface area (Å²) >= 11 is 3.34. The summed E-state index contributed by atoms with van der Waals surface area (Å²) in [4.78, 5) is 0. The molecule has 0 fully saturated rings. The summed E-state index contributed by atoms with van der Waals surface area (Å²) in [6, 6.07) is 23.4. The van der Waals surface area contributed by atoms with Crippen molar-refractivity contribution in [2.75, 3.05) is 5.33 Å². The Labute approximate surface area is 191 Å². The van der Waals surface area contributed by atoms with Crippen LogP contribution in [0.3, 0.4) is 0 Å².